The molecule has 0 bridgehead atoms. The van der Waals surface area contributed by atoms with Gasteiger partial charge in [-0.15, -0.1) is 0 Å². The number of hydrogen-bond donors (Lipinski definition) is 1. The van der Waals surface area contributed by atoms with Crippen molar-refractivity contribution in [1.82, 2.24) is 19.4 Å². The highest BCUT2D eigenvalue weighted by Crippen LogP contribution is 2.21. The minimum Gasteiger partial charge on any atom is -0.423 e. The molecule has 3 heterocycles. The average molecular weight is 346 g/mol. The first-order chi connectivity index (χ1) is 12.6. The van der Waals surface area contributed by atoms with Crippen LogP contribution in [0.3, 0.4) is 0 Å². The summed E-state index contributed by atoms with van der Waals surface area (Å²) in [5.74, 6) is 0.315. The smallest absolute Gasteiger partial charge is 0.343 e. The highest BCUT2D eigenvalue weighted by molar-refractivity contribution is 5.92. The van der Waals surface area contributed by atoms with Crippen LogP contribution in [0.25, 0.3) is 16.9 Å². The van der Waals surface area contributed by atoms with E-state index in [1.807, 2.05) is 0 Å². The van der Waals surface area contributed by atoms with E-state index in [2.05, 4.69) is 15.0 Å². The van der Waals surface area contributed by atoms with E-state index in [4.69, 9.17) is 4.74 Å². The number of fused-ring (bicyclic) bond motifs is 1. The Balaban J connectivity index is 1.62. The molecule has 0 amide bonds. The molecule has 0 aliphatic rings. The molecule has 0 radical (unpaired) electrons. The Bertz CT molecular complexity index is 1180. The number of aromatic nitrogens is 4. The van der Waals surface area contributed by atoms with Crippen LogP contribution in [0.2, 0.25) is 0 Å². The van der Waals surface area contributed by atoms with E-state index in [0.717, 1.165) is 5.52 Å². The Kier molecular flexibility index (Phi) is 3.81. The summed E-state index contributed by atoms with van der Waals surface area (Å²) < 4.78 is 7.26. The first-order valence-electron chi connectivity index (χ1n) is 7.91. The van der Waals surface area contributed by atoms with Crippen LogP contribution >= 0.6 is 0 Å². The summed E-state index contributed by atoms with van der Waals surface area (Å²) in [7, 11) is 0. The predicted octanol–water partition coefficient (Wildman–Crippen LogP) is 2.61. The molecule has 0 aliphatic heterocycles. The standard InChI is InChI=1S/C19H14N4O3/c1-12-7-17(24)22-18(21-12)13-3-2-4-16(9-13)26-19(25)14-5-6-23-11-20-10-15(23)8-14/h2-11H,1H3,(H,21,22,24). The predicted molar refractivity (Wildman–Crippen MR) is 95.2 cm³/mol. The summed E-state index contributed by atoms with van der Waals surface area (Å²) >= 11 is 0. The topological polar surface area (TPSA) is 89.4 Å². The quantitative estimate of drug-likeness (QED) is 0.455. The van der Waals surface area contributed by atoms with Gasteiger partial charge in [-0.05, 0) is 31.2 Å². The Hall–Kier alpha value is -3.74. The number of pyridine rings is 1. The number of esters is 1. The van der Waals surface area contributed by atoms with E-state index in [9.17, 15) is 9.59 Å². The number of rotatable bonds is 3. The largest absolute Gasteiger partial charge is 0.423 e. The molecule has 4 aromatic rings. The van der Waals surface area contributed by atoms with Gasteiger partial charge in [-0.25, -0.2) is 14.8 Å². The van der Waals surface area contributed by atoms with Gasteiger partial charge in [-0.3, -0.25) is 4.79 Å². The monoisotopic (exact) mass is 346 g/mol. The number of nitrogens with zero attached hydrogens (tertiary/aromatic N) is 3. The van der Waals surface area contributed by atoms with E-state index in [0.29, 0.717) is 28.4 Å². The number of aromatic amines is 1. The van der Waals surface area contributed by atoms with Gasteiger partial charge in [0.1, 0.15) is 11.6 Å². The van der Waals surface area contributed by atoms with Gasteiger partial charge in [0.25, 0.3) is 5.56 Å². The van der Waals surface area contributed by atoms with Crippen molar-refractivity contribution in [2.75, 3.05) is 0 Å². The van der Waals surface area contributed by atoms with Crippen molar-refractivity contribution in [2.24, 2.45) is 0 Å². The number of ether oxygens (including phenoxy) is 1. The van der Waals surface area contributed by atoms with E-state index in [1.54, 1.807) is 66.4 Å². The van der Waals surface area contributed by atoms with Crippen LogP contribution in [-0.2, 0) is 0 Å². The van der Waals surface area contributed by atoms with Crippen molar-refractivity contribution in [1.29, 1.82) is 0 Å². The third kappa shape index (κ3) is 3.10. The van der Waals surface area contributed by atoms with Gasteiger partial charge in [0, 0.05) is 23.5 Å². The van der Waals surface area contributed by atoms with Crippen molar-refractivity contribution in [3.8, 4) is 17.1 Å². The van der Waals surface area contributed by atoms with Crippen LogP contribution in [-0.4, -0.2) is 25.3 Å². The Morgan fingerprint density at radius 3 is 2.92 bits per heavy atom. The van der Waals surface area contributed by atoms with Gasteiger partial charge in [0.2, 0.25) is 0 Å². The Morgan fingerprint density at radius 1 is 1.19 bits per heavy atom. The zero-order valence-electron chi connectivity index (χ0n) is 13.8. The summed E-state index contributed by atoms with van der Waals surface area (Å²) in [6, 6.07) is 11.6. The summed E-state index contributed by atoms with van der Waals surface area (Å²) in [4.78, 5) is 35.0. The fourth-order valence-corrected chi connectivity index (χ4v) is 2.63. The molecular formula is C19H14N4O3. The first-order valence-corrected chi connectivity index (χ1v) is 7.91. The first kappa shape index (κ1) is 15.8. The number of carbonyl (C=O) groups excluding carboxylic acids is 1. The van der Waals surface area contributed by atoms with Crippen LogP contribution in [0.1, 0.15) is 16.1 Å². The van der Waals surface area contributed by atoms with Crippen LogP contribution in [0.5, 0.6) is 5.75 Å². The zero-order chi connectivity index (χ0) is 18.1. The molecule has 1 N–H and O–H groups in total. The van der Waals surface area contributed by atoms with Crippen molar-refractivity contribution in [3.63, 3.8) is 0 Å². The molecule has 7 heteroatoms. The van der Waals surface area contributed by atoms with Gasteiger partial charge in [0.15, 0.2) is 0 Å². The van der Waals surface area contributed by atoms with Crippen molar-refractivity contribution >= 4 is 11.5 Å². The second-order valence-corrected chi connectivity index (χ2v) is 5.79. The van der Waals surface area contributed by atoms with Crippen LogP contribution in [0, 0.1) is 6.92 Å². The van der Waals surface area contributed by atoms with Gasteiger partial charge in [-0.1, -0.05) is 12.1 Å². The van der Waals surface area contributed by atoms with Gasteiger partial charge in [0.05, 0.1) is 23.6 Å². The Labute approximate surface area is 147 Å². The lowest BCUT2D eigenvalue weighted by Gasteiger charge is -2.07. The van der Waals surface area contributed by atoms with E-state index in [1.165, 1.54) is 6.07 Å². The van der Waals surface area contributed by atoms with Gasteiger partial charge >= 0.3 is 5.97 Å². The summed E-state index contributed by atoms with van der Waals surface area (Å²) in [5.41, 5.74) is 2.26. The molecule has 0 spiro atoms. The van der Waals surface area contributed by atoms with Crippen molar-refractivity contribution in [3.05, 3.63) is 82.8 Å². The summed E-state index contributed by atoms with van der Waals surface area (Å²) in [5, 5.41) is 0. The summed E-state index contributed by atoms with van der Waals surface area (Å²) in [6.07, 6.45) is 5.07. The maximum absolute atomic E-state index is 12.4. The molecule has 1 aromatic carbocycles. The lowest BCUT2D eigenvalue weighted by molar-refractivity contribution is 0.0735. The molecule has 3 aromatic heterocycles. The summed E-state index contributed by atoms with van der Waals surface area (Å²) in [6.45, 7) is 1.75. The molecule has 4 rings (SSSR count). The molecule has 0 aliphatic carbocycles. The van der Waals surface area contributed by atoms with Crippen LogP contribution in [0.4, 0.5) is 0 Å². The maximum Gasteiger partial charge on any atom is 0.343 e. The number of carbonyl (C=O) groups is 1. The molecule has 0 unspecified atom stereocenters. The number of hydrogen-bond acceptors (Lipinski definition) is 5. The molecule has 26 heavy (non-hydrogen) atoms. The van der Waals surface area contributed by atoms with E-state index >= 15 is 0 Å². The third-order valence-electron chi connectivity index (χ3n) is 3.84. The number of H-pyrrole nitrogens is 1. The lowest BCUT2D eigenvalue weighted by atomic mass is 10.2. The fraction of sp³-hybridized carbons (Fsp3) is 0.0526. The maximum atomic E-state index is 12.4. The molecule has 0 saturated carbocycles. The number of nitrogens with one attached hydrogen (secondary N) is 1. The van der Waals surface area contributed by atoms with E-state index < -0.39 is 5.97 Å². The Morgan fingerprint density at radius 2 is 2.08 bits per heavy atom. The second-order valence-electron chi connectivity index (χ2n) is 5.79. The SMILES string of the molecule is Cc1cc(=O)[nH]c(-c2cccc(OC(=O)c3ccn4cncc4c3)c2)n1. The normalized spacial score (nSPS) is 10.8. The minimum absolute atomic E-state index is 0.232. The molecule has 128 valence electrons. The highest BCUT2D eigenvalue weighted by atomic mass is 16.5. The van der Waals surface area contributed by atoms with Crippen LogP contribution in [0.15, 0.2) is 66.0 Å². The third-order valence-corrected chi connectivity index (χ3v) is 3.84. The number of imidazole rings is 1. The molecule has 0 atom stereocenters. The van der Waals surface area contributed by atoms with E-state index in [-0.39, 0.29) is 5.56 Å². The van der Waals surface area contributed by atoms with Crippen molar-refractivity contribution < 1.29 is 9.53 Å². The molecule has 7 nitrogen and oxygen atoms in total. The highest BCUT2D eigenvalue weighted by Gasteiger charge is 2.11. The minimum atomic E-state index is -0.475. The van der Waals surface area contributed by atoms with Crippen molar-refractivity contribution in [2.45, 2.75) is 6.92 Å². The van der Waals surface area contributed by atoms with Crippen LogP contribution < -0.4 is 10.3 Å². The number of benzene rings is 1. The average Bonchev–Trinajstić information content (AvgIpc) is 3.09. The molecule has 0 saturated heterocycles. The molecular weight excluding hydrogens is 332 g/mol. The second kappa shape index (κ2) is 6.29. The lowest BCUT2D eigenvalue weighted by Crippen LogP contribution is -2.10. The van der Waals surface area contributed by atoms with Gasteiger partial charge < -0.3 is 14.1 Å². The zero-order valence-corrected chi connectivity index (χ0v) is 13.8. The fourth-order valence-electron chi connectivity index (χ4n) is 2.63. The number of aryl methyl sites for hydroxylation is 1. The van der Waals surface area contributed by atoms with Gasteiger partial charge in [-0.2, -0.15) is 0 Å². The molecule has 0 fully saturated rings.